The van der Waals surface area contributed by atoms with Gasteiger partial charge >= 0.3 is 23.9 Å². The third-order valence-electron chi connectivity index (χ3n) is 13.2. The summed E-state index contributed by atoms with van der Waals surface area (Å²) >= 11 is 0. The molecular weight excluding hydrogens is 1020 g/mol. The second kappa shape index (κ2) is 55.4. The van der Waals surface area contributed by atoms with Crippen LogP contribution >= 0.6 is 0 Å². The highest BCUT2D eigenvalue weighted by atomic mass is 16.7. The zero-order valence-corrected chi connectivity index (χ0v) is 50.2. The molecule has 12 nitrogen and oxygen atoms in total. The Labute approximate surface area is 490 Å². The van der Waals surface area contributed by atoms with Crippen molar-refractivity contribution in [2.75, 3.05) is 13.2 Å². The molecular formula is C69H108O12. The zero-order chi connectivity index (χ0) is 58.9. The second-order valence-electron chi connectivity index (χ2n) is 20.6. The third-order valence-corrected chi connectivity index (χ3v) is 13.2. The minimum absolute atomic E-state index is 0.00572. The molecule has 1 rings (SSSR count). The molecule has 6 atom stereocenters. The number of carbonyl (C=O) groups is 4. The van der Waals surface area contributed by atoms with E-state index in [1.165, 1.54) is 57.8 Å². The SMILES string of the molecule is CC/C=C\C/C=C\C/C=C\C/C=C\C/C=C\CCCCCC(=O)OC1C(OCC(COC(=O)CCCCCCCCCCC/C=C\C/C=C\CCCCC)OC(=O)CC/C=C\C/C=C\C/C=C\C/C=C\CC)OC(C(=O)O)C(O)C1O. The Morgan fingerprint density at radius 3 is 1.25 bits per heavy atom. The summed E-state index contributed by atoms with van der Waals surface area (Å²) in [6, 6.07) is 0. The van der Waals surface area contributed by atoms with Crippen LogP contribution in [0.1, 0.15) is 226 Å². The lowest BCUT2D eigenvalue weighted by molar-refractivity contribution is -0.301. The Kier molecular flexibility index (Phi) is 50.5. The Balaban J connectivity index is 2.71. The van der Waals surface area contributed by atoms with Crippen molar-refractivity contribution in [3.63, 3.8) is 0 Å². The Morgan fingerprint density at radius 1 is 0.420 bits per heavy atom. The largest absolute Gasteiger partial charge is 0.479 e. The van der Waals surface area contributed by atoms with Gasteiger partial charge in [-0.15, -0.1) is 0 Å². The van der Waals surface area contributed by atoms with Crippen molar-refractivity contribution in [1.82, 2.24) is 0 Å². The number of hydrogen-bond acceptors (Lipinski definition) is 11. The van der Waals surface area contributed by atoms with Gasteiger partial charge in [-0.2, -0.15) is 0 Å². The number of aliphatic hydroxyl groups excluding tert-OH is 2. The normalized spacial score (nSPS) is 18.7. The molecule has 0 bridgehead atoms. The van der Waals surface area contributed by atoms with Gasteiger partial charge in [-0.1, -0.05) is 219 Å². The van der Waals surface area contributed by atoms with Crippen LogP contribution in [0, 0.1) is 0 Å². The second-order valence-corrected chi connectivity index (χ2v) is 20.6. The maximum absolute atomic E-state index is 13.1. The molecule has 0 saturated carbocycles. The van der Waals surface area contributed by atoms with Gasteiger partial charge in [0.1, 0.15) is 18.8 Å². The van der Waals surface area contributed by atoms with E-state index < -0.39 is 67.3 Å². The van der Waals surface area contributed by atoms with Crippen LogP contribution < -0.4 is 0 Å². The average Bonchev–Trinajstić information content (AvgIpc) is 3.54. The highest BCUT2D eigenvalue weighted by Gasteiger charge is 2.50. The first kappa shape index (κ1) is 73.9. The monoisotopic (exact) mass is 1130 g/mol. The van der Waals surface area contributed by atoms with Crippen molar-refractivity contribution >= 4 is 23.9 Å². The fourth-order valence-corrected chi connectivity index (χ4v) is 8.50. The molecule has 1 saturated heterocycles. The van der Waals surface area contributed by atoms with Crippen LogP contribution in [0.25, 0.3) is 0 Å². The topological polar surface area (TPSA) is 175 Å². The summed E-state index contributed by atoms with van der Waals surface area (Å²) in [6.45, 7) is 5.66. The van der Waals surface area contributed by atoms with Crippen molar-refractivity contribution in [2.24, 2.45) is 0 Å². The van der Waals surface area contributed by atoms with Crippen LogP contribution in [-0.4, -0.2) is 89.2 Å². The van der Waals surface area contributed by atoms with Crippen LogP contribution in [0.2, 0.25) is 0 Å². The highest BCUT2D eigenvalue weighted by Crippen LogP contribution is 2.26. The van der Waals surface area contributed by atoms with E-state index in [9.17, 15) is 34.5 Å². The smallest absolute Gasteiger partial charge is 0.335 e. The highest BCUT2D eigenvalue weighted by molar-refractivity contribution is 5.74. The van der Waals surface area contributed by atoms with Gasteiger partial charge in [0.2, 0.25) is 0 Å². The van der Waals surface area contributed by atoms with Gasteiger partial charge in [-0.05, 0) is 122 Å². The van der Waals surface area contributed by atoms with Crippen molar-refractivity contribution in [3.05, 3.63) is 134 Å². The van der Waals surface area contributed by atoms with Crippen LogP contribution in [0.5, 0.6) is 0 Å². The number of carbonyl (C=O) groups excluding carboxylic acids is 3. The molecule has 12 heteroatoms. The summed E-state index contributed by atoms with van der Waals surface area (Å²) in [5.74, 6) is -3.30. The number of rotatable bonds is 51. The van der Waals surface area contributed by atoms with Crippen molar-refractivity contribution < 1.29 is 58.2 Å². The van der Waals surface area contributed by atoms with Gasteiger partial charge in [0.05, 0.1) is 6.61 Å². The van der Waals surface area contributed by atoms with Gasteiger partial charge in [-0.25, -0.2) is 4.79 Å². The lowest BCUT2D eigenvalue weighted by atomic mass is 9.98. The van der Waals surface area contributed by atoms with Gasteiger partial charge in [0, 0.05) is 19.3 Å². The quantitative estimate of drug-likeness (QED) is 0.0228. The molecule has 1 fully saturated rings. The standard InChI is InChI=1S/C69H108O12/c1-4-7-10-13-16-19-22-25-27-29-31-33-35-38-40-43-46-49-52-55-61(70)77-58-60(79-62(71)56-53-50-47-44-41-37-24-21-18-15-12-9-6-3)59-78-69-67(65(74)64(73)66(81-69)68(75)76)80-63(72)57-54-51-48-45-42-39-36-34-32-30-28-26-23-20-17-14-11-8-5-2/h8-9,11-12,16-21,25-28,32,34,37,39,41-42,47,50,60,64-67,69,73-74H,4-7,10,13-15,22-24,29-31,33,35-36,38,40,43-46,48-49,51-59H2,1-3H3,(H,75,76)/b11-8-,12-9-,19-16-,20-17-,21-18-,27-25-,28-26-,34-32-,41-37-,42-39-,50-47-. The molecule has 0 spiro atoms. The summed E-state index contributed by atoms with van der Waals surface area (Å²) in [5.41, 5.74) is 0. The van der Waals surface area contributed by atoms with Crippen LogP contribution in [0.15, 0.2) is 134 Å². The minimum atomic E-state index is -1.93. The molecule has 3 N–H and O–H groups in total. The molecule has 1 heterocycles. The number of ether oxygens (including phenoxy) is 5. The first-order valence-electron chi connectivity index (χ1n) is 31.2. The van der Waals surface area contributed by atoms with Crippen molar-refractivity contribution in [3.8, 4) is 0 Å². The number of allylic oxidation sites excluding steroid dienone is 22. The van der Waals surface area contributed by atoms with Crippen molar-refractivity contribution in [2.45, 2.75) is 263 Å². The van der Waals surface area contributed by atoms with Crippen LogP contribution in [0.4, 0.5) is 0 Å². The van der Waals surface area contributed by atoms with E-state index >= 15 is 0 Å². The van der Waals surface area contributed by atoms with Crippen molar-refractivity contribution in [1.29, 1.82) is 0 Å². The maximum Gasteiger partial charge on any atom is 0.335 e. The minimum Gasteiger partial charge on any atom is -0.479 e. The van der Waals surface area contributed by atoms with Crippen LogP contribution in [0.3, 0.4) is 0 Å². The summed E-state index contributed by atoms with van der Waals surface area (Å²) in [6.07, 6.45) is 65.7. The molecule has 1 aliphatic rings. The fourth-order valence-electron chi connectivity index (χ4n) is 8.50. The molecule has 0 aliphatic carbocycles. The summed E-state index contributed by atoms with van der Waals surface area (Å²) in [4.78, 5) is 51.2. The summed E-state index contributed by atoms with van der Waals surface area (Å²) in [7, 11) is 0. The zero-order valence-electron chi connectivity index (χ0n) is 50.2. The Hall–Kier alpha value is -5.14. The maximum atomic E-state index is 13.1. The first-order chi connectivity index (χ1) is 39.6. The van der Waals surface area contributed by atoms with E-state index in [0.717, 1.165) is 103 Å². The van der Waals surface area contributed by atoms with E-state index in [-0.39, 0.29) is 25.9 Å². The lowest BCUT2D eigenvalue weighted by Gasteiger charge is -2.40. The van der Waals surface area contributed by atoms with Gasteiger partial charge in [0.15, 0.2) is 24.6 Å². The molecule has 456 valence electrons. The van der Waals surface area contributed by atoms with E-state index in [0.29, 0.717) is 25.7 Å². The number of hydrogen-bond donors (Lipinski definition) is 3. The summed E-state index contributed by atoms with van der Waals surface area (Å²) < 4.78 is 28.3. The van der Waals surface area contributed by atoms with E-state index in [1.54, 1.807) is 0 Å². The number of aliphatic hydroxyl groups is 2. The van der Waals surface area contributed by atoms with Gasteiger partial charge in [-0.3, -0.25) is 14.4 Å². The molecule has 0 amide bonds. The number of esters is 3. The molecule has 0 aromatic heterocycles. The lowest BCUT2D eigenvalue weighted by Crippen LogP contribution is -2.61. The molecule has 1 aliphatic heterocycles. The Morgan fingerprint density at radius 2 is 0.802 bits per heavy atom. The molecule has 81 heavy (non-hydrogen) atoms. The fraction of sp³-hybridized carbons (Fsp3) is 0.623. The van der Waals surface area contributed by atoms with Crippen LogP contribution in [-0.2, 0) is 42.9 Å². The van der Waals surface area contributed by atoms with Gasteiger partial charge in [0.25, 0.3) is 0 Å². The van der Waals surface area contributed by atoms with E-state index in [2.05, 4.69) is 142 Å². The number of unbranched alkanes of at least 4 members (excludes halogenated alkanes) is 15. The first-order valence-corrected chi connectivity index (χ1v) is 31.2. The molecule has 6 unspecified atom stereocenters. The molecule has 0 radical (unpaired) electrons. The predicted molar refractivity (Wildman–Crippen MR) is 330 cm³/mol. The molecule has 0 aromatic rings. The number of carboxylic acid groups (broad SMARTS) is 1. The number of aliphatic carboxylic acids is 1. The Bertz CT molecular complexity index is 1920. The molecule has 0 aromatic carbocycles. The van der Waals surface area contributed by atoms with E-state index in [1.807, 2.05) is 12.2 Å². The van der Waals surface area contributed by atoms with Gasteiger partial charge < -0.3 is 39.0 Å². The van der Waals surface area contributed by atoms with E-state index in [4.69, 9.17) is 23.7 Å². The predicted octanol–water partition coefficient (Wildman–Crippen LogP) is 16.6. The average molecular weight is 1130 g/mol. The summed E-state index contributed by atoms with van der Waals surface area (Å²) in [5, 5.41) is 31.5. The third kappa shape index (κ3) is 45.1. The number of carboxylic acids is 1.